The summed E-state index contributed by atoms with van der Waals surface area (Å²) >= 11 is 0. The standard InChI is InChI=1S/C17H22N4O3/c1-9(2)15(22)18-6-7-19-16(23)12-8-13(11-4-5-11)20-17-14(12)10(3)21-24-17/h8-9,11H,4-7H2,1-3H3,(H,18,22)(H,19,23). The third-order valence-electron chi connectivity index (χ3n) is 4.11. The fourth-order valence-corrected chi connectivity index (χ4v) is 2.54. The summed E-state index contributed by atoms with van der Waals surface area (Å²) in [5.41, 5.74) is 2.49. The molecule has 0 spiro atoms. The first-order chi connectivity index (χ1) is 11.5. The summed E-state index contributed by atoms with van der Waals surface area (Å²) in [5.74, 6) is 0.119. The molecular weight excluding hydrogens is 308 g/mol. The Labute approximate surface area is 140 Å². The molecule has 128 valence electrons. The van der Waals surface area contributed by atoms with Crippen molar-refractivity contribution in [2.24, 2.45) is 5.92 Å². The summed E-state index contributed by atoms with van der Waals surface area (Å²) in [7, 11) is 0. The van der Waals surface area contributed by atoms with Crippen LogP contribution in [0.5, 0.6) is 0 Å². The predicted octanol–water partition coefficient (Wildman–Crippen LogP) is 1.91. The van der Waals surface area contributed by atoms with Gasteiger partial charge < -0.3 is 15.2 Å². The fraction of sp³-hybridized carbons (Fsp3) is 0.529. The van der Waals surface area contributed by atoms with Crippen LogP contribution in [0, 0.1) is 12.8 Å². The van der Waals surface area contributed by atoms with Crippen LogP contribution < -0.4 is 10.6 Å². The van der Waals surface area contributed by atoms with Crippen LogP contribution >= 0.6 is 0 Å². The van der Waals surface area contributed by atoms with Gasteiger partial charge in [0.15, 0.2) is 0 Å². The maximum atomic E-state index is 12.6. The van der Waals surface area contributed by atoms with E-state index in [0.717, 1.165) is 18.5 Å². The Bertz CT molecular complexity index is 777. The van der Waals surface area contributed by atoms with Crippen LogP contribution in [0.2, 0.25) is 0 Å². The van der Waals surface area contributed by atoms with Crippen molar-refractivity contribution in [2.45, 2.75) is 39.5 Å². The van der Waals surface area contributed by atoms with Crippen molar-refractivity contribution in [3.05, 3.63) is 23.0 Å². The second-order valence-electron chi connectivity index (χ2n) is 6.52. The Morgan fingerprint density at radius 3 is 2.67 bits per heavy atom. The lowest BCUT2D eigenvalue weighted by Crippen LogP contribution is -2.36. The van der Waals surface area contributed by atoms with Gasteiger partial charge in [-0.05, 0) is 25.8 Å². The summed E-state index contributed by atoms with van der Waals surface area (Å²) < 4.78 is 5.24. The summed E-state index contributed by atoms with van der Waals surface area (Å²) in [4.78, 5) is 28.6. The van der Waals surface area contributed by atoms with Crippen molar-refractivity contribution in [1.82, 2.24) is 20.8 Å². The number of amides is 2. The van der Waals surface area contributed by atoms with E-state index in [1.165, 1.54) is 0 Å². The molecular formula is C17H22N4O3. The van der Waals surface area contributed by atoms with Gasteiger partial charge in [-0.3, -0.25) is 9.59 Å². The molecule has 0 atom stereocenters. The topological polar surface area (TPSA) is 97.1 Å². The number of pyridine rings is 1. The molecule has 0 aromatic carbocycles. The van der Waals surface area contributed by atoms with E-state index in [9.17, 15) is 9.59 Å². The summed E-state index contributed by atoms with van der Waals surface area (Å²) in [6.45, 7) is 6.22. The minimum atomic E-state index is -0.200. The normalized spacial score (nSPS) is 14.2. The van der Waals surface area contributed by atoms with Crippen molar-refractivity contribution in [3.8, 4) is 0 Å². The number of hydrogen-bond donors (Lipinski definition) is 2. The molecule has 1 saturated carbocycles. The number of carbonyl (C=O) groups excluding carboxylic acids is 2. The first kappa shape index (κ1) is 16.4. The van der Waals surface area contributed by atoms with Crippen LogP contribution in [0.1, 0.15) is 54.4 Å². The van der Waals surface area contributed by atoms with Crippen molar-refractivity contribution in [2.75, 3.05) is 13.1 Å². The van der Waals surface area contributed by atoms with Gasteiger partial charge in [0.1, 0.15) is 0 Å². The molecule has 0 bridgehead atoms. The molecule has 1 aliphatic rings. The molecule has 1 fully saturated rings. The zero-order valence-corrected chi connectivity index (χ0v) is 14.2. The maximum Gasteiger partial charge on any atom is 0.259 e. The number of nitrogens with zero attached hydrogens (tertiary/aromatic N) is 2. The molecule has 2 amide bonds. The van der Waals surface area contributed by atoms with Gasteiger partial charge in [-0.2, -0.15) is 0 Å². The number of nitrogens with one attached hydrogen (secondary N) is 2. The molecule has 0 aliphatic heterocycles. The minimum Gasteiger partial charge on any atom is -0.354 e. The maximum absolute atomic E-state index is 12.6. The zero-order valence-electron chi connectivity index (χ0n) is 14.2. The molecule has 2 aromatic rings. The number of aromatic nitrogens is 2. The fourth-order valence-electron chi connectivity index (χ4n) is 2.54. The first-order valence-electron chi connectivity index (χ1n) is 8.30. The van der Waals surface area contributed by atoms with Crippen molar-refractivity contribution in [3.63, 3.8) is 0 Å². The highest BCUT2D eigenvalue weighted by molar-refractivity contribution is 6.06. The van der Waals surface area contributed by atoms with E-state index >= 15 is 0 Å². The van der Waals surface area contributed by atoms with E-state index in [1.807, 2.05) is 19.9 Å². The van der Waals surface area contributed by atoms with Gasteiger partial charge >= 0.3 is 0 Å². The Balaban J connectivity index is 1.72. The largest absolute Gasteiger partial charge is 0.354 e. The Kier molecular flexibility index (Phi) is 4.51. The second-order valence-corrected chi connectivity index (χ2v) is 6.52. The van der Waals surface area contributed by atoms with Gasteiger partial charge in [-0.25, -0.2) is 4.98 Å². The number of rotatable bonds is 6. The highest BCUT2D eigenvalue weighted by Gasteiger charge is 2.28. The lowest BCUT2D eigenvalue weighted by molar-refractivity contribution is -0.123. The third kappa shape index (κ3) is 3.39. The molecule has 0 radical (unpaired) electrons. The number of aryl methyl sites for hydroxylation is 1. The van der Waals surface area contributed by atoms with E-state index in [1.54, 1.807) is 6.92 Å². The van der Waals surface area contributed by atoms with E-state index in [-0.39, 0.29) is 17.7 Å². The highest BCUT2D eigenvalue weighted by Crippen LogP contribution is 2.40. The van der Waals surface area contributed by atoms with E-state index in [2.05, 4.69) is 20.8 Å². The lowest BCUT2D eigenvalue weighted by atomic mass is 10.1. The van der Waals surface area contributed by atoms with Gasteiger partial charge in [0, 0.05) is 30.6 Å². The van der Waals surface area contributed by atoms with Crippen molar-refractivity contribution < 1.29 is 14.1 Å². The summed E-state index contributed by atoms with van der Waals surface area (Å²) in [6.07, 6.45) is 2.18. The molecule has 3 rings (SSSR count). The SMILES string of the molecule is Cc1noc2nc(C3CC3)cc(C(=O)NCCNC(=O)C(C)C)c12. The Morgan fingerprint density at radius 2 is 2.00 bits per heavy atom. The van der Waals surface area contributed by atoms with Gasteiger partial charge in [0.05, 0.1) is 16.6 Å². The summed E-state index contributed by atoms with van der Waals surface area (Å²) in [6, 6.07) is 1.84. The highest BCUT2D eigenvalue weighted by atomic mass is 16.5. The number of hydrogen-bond acceptors (Lipinski definition) is 5. The van der Waals surface area contributed by atoms with Gasteiger partial charge in [-0.15, -0.1) is 0 Å². The van der Waals surface area contributed by atoms with Crippen LogP contribution in [0.25, 0.3) is 11.1 Å². The Hall–Kier alpha value is -2.44. The van der Waals surface area contributed by atoms with E-state index in [0.29, 0.717) is 41.4 Å². The lowest BCUT2D eigenvalue weighted by Gasteiger charge is -2.10. The molecule has 2 heterocycles. The molecule has 7 heteroatoms. The van der Waals surface area contributed by atoms with Crippen molar-refractivity contribution in [1.29, 1.82) is 0 Å². The van der Waals surface area contributed by atoms with Crippen LogP contribution in [-0.4, -0.2) is 35.0 Å². The molecule has 0 unspecified atom stereocenters. The van der Waals surface area contributed by atoms with Crippen LogP contribution in [-0.2, 0) is 4.79 Å². The smallest absolute Gasteiger partial charge is 0.259 e. The van der Waals surface area contributed by atoms with Crippen LogP contribution in [0.3, 0.4) is 0 Å². The van der Waals surface area contributed by atoms with Gasteiger partial charge in [-0.1, -0.05) is 19.0 Å². The number of carbonyl (C=O) groups is 2. The van der Waals surface area contributed by atoms with Gasteiger partial charge in [0.25, 0.3) is 11.6 Å². The predicted molar refractivity (Wildman–Crippen MR) is 88.7 cm³/mol. The molecule has 0 saturated heterocycles. The average molecular weight is 330 g/mol. The zero-order chi connectivity index (χ0) is 17.3. The third-order valence-corrected chi connectivity index (χ3v) is 4.11. The number of fused-ring (bicyclic) bond motifs is 1. The monoisotopic (exact) mass is 330 g/mol. The Morgan fingerprint density at radius 1 is 1.29 bits per heavy atom. The van der Waals surface area contributed by atoms with Crippen LogP contribution in [0.15, 0.2) is 10.6 Å². The molecule has 1 aliphatic carbocycles. The summed E-state index contributed by atoms with van der Waals surface area (Å²) in [5, 5.41) is 10.2. The van der Waals surface area contributed by atoms with E-state index in [4.69, 9.17) is 4.52 Å². The molecule has 2 aromatic heterocycles. The first-order valence-corrected chi connectivity index (χ1v) is 8.30. The molecule has 24 heavy (non-hydrogen) atoms. The molecule has 2 N–H and O–H groups in total. The van der Waals surface area contributed by atoms with Crippen molar-refractivity contribution >= 4 is 22.9 Å². The quantitative estimate of drug-likeness (QED) is 0.789. The van der Waals surface area contributed by atoms with E-state index < -0.39 is 0 Å². The average Bonchev–Trinajstić information content (AvgIpc) is 3.34. The van der Waals surface area contributed by atoms with Crippen LogP contribution in [0.4, 0.5) is 0 Å². The minimum absolute atomic E-state index is 0.0264. The van der Waals surface area contributed by atoms with Gasteiger partial charge in [0.2, 0.25) is 5.91 Å². The second kappa shape index (κ2) is 6.59. The molecule has 7 nitrogen and oxygen atoms in total.